The largest absolute Gasteiger partial charge is 0.390 e. The molecule has 2 unspecified atom stereocenters. The Labute approximate surface area is 117 Å². The zero-order valence-electron chi connectivity index (χ0n) is 11.3. The Morgan fingerprint density at radius 3 is 3.00 bits per heavy atom. The SMILES string of the molecule is CCc1cnc(C(C)NCC(O)Cn2cccn2)s1. The van der Waals surface area contributed by atoms with Gasteiger partial charge in [0.2, 0.25) is 0 Å². The van der Waals surface area contributed by atoms with Crippen LogP contribution in [0.1, 0.15) is 29.8 Å². The summed E-state index contributed by atoms with van der Waals surface area (Å²) in [4.78, 5) is 5.69. The zero-order chi connectivity index (χ0) is 13.7. The molecule has 0 aliphatic heterocycles. The van der Waals surface area contributed by atoms with Crippen molar-refractivity contribution in [3.05, 3.63) is 34.5 Å². The highest BCUT2D eigenvalue weighted by Gasteiger charge is 2.12. The van der Waals surface area contributed by atoms with Gasteiger partial charge in [-0.3, -0.25) is 4.68 Å². The molecule has 0 aromatic carbocycles. The van der Waals surface area contributed by atoms with Gasteiger partial charge in [-0.05, 0) is 19.4 Å². The first-order chi connectivity index (χ1) is 9.19. The Kier molecular flexibility index (Phi) is 5.07. The number of rotatable bonds is 7. The quantitative estimate of drug-likeness (QED) is 0.809. The third kappa shape index (κ3) is 4.12. The second-order valence-corrected chi connectivity index (χ2v) is 5.68. The Morgan fingerprint density at radius 2 is 2.37 bits per heavy atom. The summed E-state index contributed by atoms with van der Waals surface area (Å²) in [5.41, 5.74) is 0. The number of hydrogen-bond donors (Lipinski definition) is 2. The molecular weight excluding hydrogens is 260 g/mol. The van der Waals surface area contributed by atoms with Crippen molar-refractivity contribution in [1.29, 1.82) is 0 Å². The number of aromatic nitrogens is 3. The smallest absolute Gasteiger partial charge is 0.109 e. The van der Waals surface area contributed by atoms with E-state index in [-0.39, 0.29) is 6.04 Å². The van der Waals surface area contributed by atoms with Gasteiger partial charge in [0, 0.05) is 30.0 Å². The Morgan fingerprint density at radius 1 is 1.53 bits per heavy atom. The second kappa shape index (κ2) is 6.79. The van der Waals surface area contributed by atoms with E-state index in [0.717, 1.165) is 11.4 Å². The predicted molar refractivity (Wildman–Crippen MR) is 76.1 cm³/mol. The summed E-state index contributed by atoms with van der Waals surface area (Å²) < 4.78 is 1.73. The lowest BCUT2D eigenvalue weighted by atomic mass is 10.3. The summed E-state index contributed by atoms with van der Waals surface area (Å²) in [6, 6.07) is 2.02. The van der Waals surface area contributed by atoms with E-state index in [1.807, 2.05) is 18.5 Å². The van der Waals surface area contributed by atoms with Crippen LogP contribution in [0.5, 0.6) is 0 Å². The number of aliphatic hydroxyl groups is 1. The van der Waals surface area contributed by atoms with Gasteiger partial charge in [-0.1, -0.05) is 6.92 Å². The van der Waals surface area contributed by atoms with Gasteiger partial charge in [0.25, 0.3) is 0 Å². The molecule has 0 fully saturated rings. The first kappa shape index (κ1) is 14.2. The molecule has 0 aliphatic carbocycles. The molecule has 2 aromatic heterocycles. The van der Waals surface area contributed by atoms with Crippen molar-refractivity contribution < 1.29 is 5.11 Å². The monoisotopic (exact) mass is 280 g/mol. The highest BCUT2D eigenvalue weighted by molar-refractivity contribution is 7.11. The van der Waals surface area contributed by atoms with Gasteiger partial charge in [-0.2, -0.15) is 5.10 Å². The van der Waals surface area contributed by atoms with Crippen LogP contribution in [0.3, 0.4) is 0 Å². The molecule has 2 N–H and O–H groups in total. The van der Waals surface area contributed by atoms with E-state index in [1.54, 1.807) is 22.2 Å². The molecule has 5 nitrogen and oxygen atoms in total. The van der Waals surface area contributed by atoms with Crippen molar-refractivity contribution in [3.8, 4) is 0 Å². The molecule has 0 aliphatic rings. The summed E-state index contributed by atoms with van der Waals surface area (Å²) in [5, 5.41) is 18.4. The van der Waals surface area contributed by atoms with E-state index in [4.69, 9.17) is 0 Å². The minimum Gasteiger partial charge on any atom is -0.390 e. The van der Waals surface area contributed by atoms with Gasteiger partial charge in [-0.25, -0.2) is 4.98 Å². The molecule has 2 heterocycles. The third-order valence-electron chi connectivity index (χ3n) is 2.91. The van der Waals surface area contributed by atoms with Crippen LogP contribution in [0, 0.1) is 0 Å². The van der Waals surface area contributed by atoms with Crippen LogP contribution < -0.4 is 5.32 Å². The maximum atomic E-state index is 9.93. The van der Waals surface area contributed by atoms with E-state index in [9.17, 15) is 5.11 Å². The Bertz CT molecular complexity index is 483. The lowest BCUT2D eigenvalue weighted by molar-refractivity contribution is 0.143. The fourth-order valence-electron chi connectivity index (χ4n) is 1.78. The number of nitrogens with one attached hydrogen (secondary N) is 1. The lowest BCUT2D eigenvalue weighted by Gasteiger charge is -2.15. The molecule has 0 bridgehead atoms. The Balaban J connectivity index is 1.78. The fraction of sp³-hybridized carbons (Fsp3) is 0.538. The maximum Gasteiger partial charge on any atom is 0.109 e. The molecule has 0 saturated carbocycles. The van der Waals surface area contributed by atoms with E-state index < -0.39 is 6.10 Å². The fourth-order valence-corrected chi connectivity index (χ4v) is 2.66. The van der Waals surface area contributed by atoms with E-state index >= 15 is 0 Å². The third-order valence-corrected chi connectivity index (χ3v) is 4.23. The molecule has 6 heteroatoms. The van der Waals surface area contributed by atoms with E-state index in [0.29, 0.717) is 13.1 Å². The second-order valence-electron chi connectivity index (χ2n) is 4.53. The first-order valence-electron chi connectivity index (χ1n) is 6.52. The molecule has 2 atom stereocenters. The van der Waals surface area contributed by atoms with E-state index in [2.05, 4.69) is 29.2 Å². The van der Waals surface area contributed by atoms with Crippen molar-refractivity contribution >= 4 is 11.3 Å². The molecular formula is C13H20N4OS. The van der Waals surface area contributed by atoms with Crippen LogP contribution in [0.25, 0.3) is 0 Å². The summed E-state index contributed by atoms with van der Waals surface area (Å²) in [6.45, 7) is 5.23. The van der Waals surface area contributed by atoms with Gasteiger partial charge < -0.3 is 10.4 Å². The minimum absolute atomic E-state index is 0.164. The standard InChI is InChI=1S/C13H20N4OS/c1-3-12-8-15-13(19-12)10(2)14-7-11(18)9-17-6-4-5-16-17/h4-6,8,10-11,14,18H,3,7,9H2,1-2H3. The zero-order valence-corrected chi connectivity index (χ0v) is 12.1. The van der Waals surface area contributed by atoms with Gasteiger partial charge in [0.05, 0.1) is 18.7 Å². The van der Waals surface area contributed by atoms with Gasteiger partial charge in [-0.15, -0.1) is 11.3 Å². The molecule has 0 radical (unpaired) electrons. The van der Waals surface area contributed by atoms with Crippen LogP contribution in [-0.4, -0.2) is 32.5 Å². The Hall–Kier alpha value is -1.24. The minimum atomic E-state index is -0.451. The number of nitrogens with zero attached hydrogens (tertiary/aromatic N) is 3. The maximum absolute atomic E-state index is 9.93. The van der Waals surface area contributed by atoms with Crippen molar-refractivity contribution in [2.45, 2.75) is 39.0 Å². The number of hydrogen-bond acceptors (Lipinski definition) is 5. The van der Waals surface area contributed by atoms with Crippen LogP contribution in [0.15, 0.2) is 24.7 Å². The van der Waals surface area contributed by atoms with Crippen molar-refractivity contribution in [2.24, 2.45) is 0 Å². The molecule has 2 aromatic rings. The average Bonchev–Trinajstić information content (AvgIpc) is 3.06. The summed E-state index contributed by atoms with van der Waals surface area (Å²) in [7, 11) is 0. The van der Waals surface area contributed by atoms with Crippen molar-refractivity contribution in [3.63, 3.8) is 0 Å². The van der Waals surface area contributed by atoms with Crippen LogP contribution >= 0.6 is 11.3 Å². The molecule has 0 spiro atoms. The topological polar surface area (TPSA) is 63.0 Å². The highest BCUT2D eigenvalue weighted by atomic mass is 32.1. The van der Waals surface area contributed by atoms with Crippen molar-refractivity contribution in [2.75, 3.05) is 6.54 Å². The van der Waals surface area contributed by atoms with Gasteiger partial charge in [0.1, 0.15) is 5.01 Å². The predicted octanol–water partition coefficient (Wildman–Crippen LogP) is 1.61. The van der Waals surface area contributed by atoms with Crippen LogP contribution in [-0.2, 0) is 13.0 Å². The van der Waals surface area contributed by atoms with Crippen LogP contribution in [0.2, 0.25) is 0 Å². The number of aliphatic hydroxyl groups excluding tert-OH is 1. The summed E-state index contributed by atoms with van der Waals surface area (Å²) in [5.74, 6) is 0. The average molecular weight is 280 g/mol. The van der Waals surface area contributed by atoms with E-state index in [1.165, 1.54) is 4.88 Å². The number of aryl methyl sites for hydroxylation is 1. The summed E-state index contributed by atoms with van der Waals surface area (Å²) >= 11 is 1.73. The lowest BCUT2D eigenvalue weighted by Crippen LogP contribution is -2.32. The molecule has 0 saturated heterocycles. The highest BCUT2D eigenvalue weighted by Crippen LogP contribution is 2.20. The van der Waals surface area contributed by atoms with Gasteiger partial charge >= 0.3 is 0 Å². The summed E-state index contributed by atoms with van der Waals surface area (Å²) in [6.07, 6.45) is 6.06. The van der Waals surface area contributed by atoms with Crippen molar-refractivity contribution in [1.82, 2.24) is 20.1 Å². The molecule has 104 valence electrons. The number of thiazole rings is 1. The molecule has 19 heavy (non-hydrogen) atoms. The molecule has 2 rings (SSSR count). The first-order valence-corrected chi connectivity index (χ1v) is 7.34. The van der Waals surface area contributed by atoms with Gasteiger partial charge in [0.15, 0.2) is 0 Å². The normalized spacial score (nSPS) is 14.5. The molecule has 0 amide bonds. The van der Waals surface area contributed by atoms with Crippen LogP contribution in [0.4, 0.5) is 0 Å².